The molecule has 1 aromatic carbocycles. The smallest absolute Gasteiger partial charge is 0.0314 e. The fraction of sp³-hybridized carbons (Fsp3) is 0.200. The van der Waals surface area contributed by atoms with E-state index in [-0.39, 0.29) is 0 Å². The van der Waals surface area contributed by atoms with E-state index < -0.39 is 0 Å². The fourth-order valence-electron chi connectivity index (χ4n) is 0.858. The first-order valence-corrected chi connectivity index (χ1v) is 3.70. The second-order valence-corrected chi connectivity index (χ2v) is 2.31. The van der Waals surface area contributed by atoms with Gasteiger partial charge in [-0.2, -0.15) is 0 Å². The van der Waals surface area contributed by atoms with Gasteiger partial charge in [-0.1, -0.05) is 42.5 Å². The summed E-state index contributed by atoms with van der Waals surface area (Å²) >= 11 is 0. The predicted molar refractivity (Wildman–Crippen MR) is 48.4 cm³/mol. The first-order valence-electron chi connectivity index (χ1n) is 3.70. The topological polar surface area (TPSA) is 14.1 Å². The van der Waals surface area contributed by atoms with Crippen LogP contribution in [0.15, 0.2) is 36.4 Å². The normalized spacial score (nSPS) is 10.6. The summed E-state index contributed by atoms with van der Waals surface area (Å²) < 4.78 is 0. The number of rotatable bonds is 3. The van der Waals surface area contributed by atoms with Crippen LogP contribution in [0.3, 0.4) is 0 Å². The Balaban J connectivity index is 2.50. The third-order valence-electron chi connectivity index (χ3n) is 1.40. The van der Waals surface area contributed by atoms with E-state index in [1.54, 1.807) is 0 Å². The molecule has 0 aliphatic carbocycles. The van der Waals surface area contributed by atoms with Crippen molar-refractivity contribution >= 4 is 6.08 Å². The van der Waals surface area contributed by atoms with Gasteiger partial charge in [0.05, 0.1) is 0 Å². The molecule has 0 N–H and O–H groups in total. The largest absolute Gasteiger partial charge is 0.241 e. The number of nitrogens with zero attached hydrogens (tertiary/aromatic N) is 1. The van der Waals surface area contributed by atoms with Crippen molar-refractivity contribution in [3.63, 3.8) is 0 Å². The zero-order chi connectivity index (χ0) is 7.94. The van der Waals surface area contributed by atoms with Gasteiger partial charge in [0.25, 0.3) is 0 Å². The molecule has 0 aliphatic heterocycles. The minimum atomic E-state index is 0.800. The highest BCUT2D eigenvalue weighted by Gasteiger charge is 1.80. The van der Waals surface area contributed by atoms with E-state index >= 15 is 0 Å². The molecular formula is C10H12N. The van der Waals surface area contributed by atoms with Crippen molar-refractivity contribution in [2.45, 2.75) is 0 Å². The van der Waals surface area contributed by atoms with Gasteiger partial charge in [-0.05, 0) is 5.56 Å². The van der Waals surface area contributed by atoms with Crippen LogP contribution in [0.1, 0.15) is 5.56 Å². The molecule has 0 unspecified atom stereocenters. The Bertz CT molecular complexity index is 214. The molecule has 1 heteroatoms. The van der Waals surface area contributed by atoms with Gasteiger partial charge in [-0.3, -0.25) is 0 Å². The van der Waals surface area contributed by atoms with Gasteiger partial charge in [-0.25, -0.2) is 5.32 Å². The summed E-state index contributed by atoms with van der Waals surface area (Å²) in [6.07, 6.45) is 4.13. The first-order chi connectivity index (χ1) is 5.43. The Morgan fingerprint density at radius 2 is 2.00 bits per heavy atom. The molecule has 1 radical (unpaired) electrons. The number of hydrogen-bond acceptors (Lipinski definition) is 0. The van der Waals surface area contributed by atoms with Gasteiger partial charge in [-0.15, -0.1) is 0 Å². The van der Waals surface area contributed by atoms with E-state index in [1.165, 1.54) is 5.56 Å². The predicted octanol–water partition coefficient (Wildman–Crippen LogP) is 1.93. The van der Waals surface area contributed by atoms with Crippen molar-refractivity contribution in [3.8, 4) is 0 Å². The first kappa shape index (κ1) is 8.02. The second kappa shape index (κ2) is 4.69. The highest BCUT2D eigenvalue weighted by Crippen LogP contribution is 1.99. The van der Waals surface area contributed by atoms with Gasteiger partial charge in [0.2, 0.25) is 0 Å². The van der Waals surface area contributed by atoms with Crippen molar-refractivity contribution in [1.29, 1.82) is 0 Å². The van der Waals surface area contributed by atoms with E-state index in [4.69, 9.17) is 0 Å². The van der Waals surface area contributed by atoms with E-state index in [0.29, 0.717) is 0 Å². The monoisotopic (exact) mass is 146 g/mol. The van der Waals surface area contributed by atoms with Crippen LogP contribution in [-0.2, 0) is 0 Å². The number of benzene rings is 1. The molecule has 1 aromatic rings. The van der Waals surface area contributed by atoms with Crippen LogP contribution >= 0.6 is 0 Å². The Morgan fingerprint density at radius 3 is 2.64 bits per heavy atom. The summed E-state index contributed by atoms with van der Waals surface area (Å²) in [5.41, 5.74) is 1.23. The van der Waals surface area contributed by atoms with Gasteiger partial charge < -0.3 is 0 Å². The van der Waals surface area contributed by atoms with E-state index in [1.807, 2.05) is 25.2 Å². The van der Waals surface area contributed by atoms with Crippen molar-refractivity contribution in [1.82, 2.24) is 5.32 Å². The third kappa shape index (κ3) is 3.01. The second-order valence-electron chi connectivity index (χ2n) is 2.31. The standard InChI is InChI=1S/C10H12N/c1-11-9-5-8-10-6-3-2-4-7-10/h2-8H,9H2,1H3. The molecule has 0 atom stereocenters. The summed E-state index contributed by atoms with van der Waals surface area (Å²) in [5.74, 6) is 0. The van der Waals surface area contributed by atoms with Crippen LogP contribution in [0.25, 0.3) is 6.08 Å². The van der Waals surface area contributed by atoms with Crippen molar-refractivity contribution < 1.29 is 0 Å². The average Bonchev–Trinajstić information content (AvgIpc) is 2.07. The fourth-order valence-corrected chi connectivity index (χ4v) is 0.858. The molecule has 0 saturated carbocycles. The lowest BCUT2D eigenvalue weighted by Crippen LogP contribution is -1.93. The van der Waals surface area contributed by atoms with Crippen molar-refractivity contribution in [2.75, 3.05) is 13.6 Å². The van der Waals surface area contributed by atoms with Gasteiger partial charge >= 0.3 is 0 Å². The van der Waals surface area contributed by atoms with Crippen LogP contribution in [0.4, 0.5) is 0 Å². The Morgan fingerprint density at radius 1 is 1.27 bits per heavy atom. The minimum Gasteiger partial charge on any atom is -0.241 e. The van der Waals surface area contributed by atoms with Gasteiger partial charge in [0.15, 0.2) is 0 Å². The zero-order valence-corrected chi connectivity index (χ0v) is 6.70. The summed E-state index contributed by atoms with van der Waals surface area (Å²) in [7, 11) is 1.81. The van der Waals surface area contributed by atoms with E-state index in [2.05, 4.69) is 29.6 Å². The maximum Gasteiger partial charge on any atom is 0.0314 e. The summed E-state index contributed by atoms with van der Waals surface area (Å²) in [4.78, 5) is 0. The van der Waals surface area contributed by atoms with E-state index in [0.717, 1.165) is 6.54 Å². The molecule has 0 heterocycles. The van der Waals surface area contributed by atoms with Crippen molar-refractivity contribution in [2.24, 2.45) is 0 Å². The molecule has 0 saturated heterocycles. The molecule has 1 rings (SSSR count). The zero-order valence-electron chi connectivity index (χ0n) is 6.70. The highest BCUT2D eigenvalue weighted by atomic mass is 14.8. The maximum atomic E-state index is 3.96. The summed E-state index contributed by atoms with van der Waals surface area (Å²) in [6, 6.07) is 10.2. The Labute approximate surface area is 67.8 Å². The van der Waals surface area contributed by atoms with Crippen molar-refractivity contribution in [3.05, 3.63) is 42.0 Å². The molecule has 0 fully saturated rings. The van der Waals surface area contributed by atoms with Crippen LogP contribution in [0.2, 0.25) is 0 Å². The number of likely N-dealkylation sites (N-methyl/N-ethyl adjacent to an activating group) is 1. The molecular weight excluding hydrogens is 134 g/mol. The summed E-state index contributed by atoms with van der Waals surface area (Å²) in [5, 5.41) is 3.96. The molecule has 0 bridgehead atoms. The van der Waals surface area contributed by atoms with E-state index in [9.17, 15) is 0 Å². The van der Waals surface area contributed by atoms with Crippen LogP contribution in [-0.4, -0.2) is 13.6 Å². The maximum absolute atomic E-state index is 3.96. The lowest BCUT2D eigenvalue weighted by Gasteiger charge is -1.89. The molecule has 0 amide bonds. The minimum absolute atomic E-state index is 0.800. The lowest BCUT2D eigenvalue weighted by atomic mass is 10.2. The lowest BCUT2D eigenvalue weighted by molar-refractivity contribution is 0.901. The SMILES string of the molecule is C[N]CC=Cc1ccccc1. The summed E-state index contributed by atoms with van der Waals surface area (Å²) in [6.45, 7) is 0.800. The molecule has 11 heavy (non-hydrogen) atoms. The molecule has 1 nitrogen and oxygen atoms in total. The third-order valence-corrected chi connectivity index (χ3v) is 1.40. The highest BCUT2D eigenvalue weighted by molar-refractivity contribution is 5.48. The quantitative estimate of drug-likeness (QED) is 0.618. The number of hydrogen-bond donors (Lipinski definition) is 0. The molecule has 0 spiro atoms. The Hall–Kier alpha value is -1.08. The molecule has 0 aliphatic rings. The van der Waals surface area contributed by atoms with Gasteiger partial charge in [0, 0.05) is 13.6 Å². The van der Waals surface area contributed by atoms with Crippen LogP contribution in [0, 0.1) is 0 Å². The average molecular weight is 146 g/mol. The Kier molecular flexibility index (Phi) is 3.42. The van der Waals surface area contributed by atoms with Crippen LogP contribution in [0.5, 0.6) is 0 Å². The molecule has 57 valence electrons. The molecule has 0 aromatic heterocycles. The van der Waals surface area contributed by atoms with Crippen LogP contribution < -0.4 is 5.32 Å². The van der Waals surface area contributed by atoms with Gasteiger partial charge in [0.1, 0.15) is 0 Å².